The number of rotatable bonds is 5. The average molecular weight is 364 g/mol. The van der Waals surface area contributed by atoms with Crippen molar-refractivity contribution in [1.82, 2.24) is 5.32 Å². The number of ether oxygens (including phenoxy) is 2. The zero-order valence-corrected chi connectivity index (χ0v) is 16.9. The molecule has 1 atom stereocenters. The van der Waals surface area contributed by atoms with Crippen molar-refractivity contribution in [1.29, 1.82) is 0 Å². The number of nitrogens with two attached hydrogens (primary N) is 1. The van der Waals surface area contributed by atoms with Crippen molar-refractivity contribution in [2.24, 2.45) is 0 Å². The molecular formula is C20H32N2O4. The van der Waals surface area contributed by atoms with E-state index in [2.05, 4.69) is 5.32 Å². The molecule has 0 radical (unpaired) electrons. The van der Waals surface area contributed by atoms with Gasteiger partial charge in [-0.3, -0.25) is 4.79 Å². The summed E-state index contributed by atoms with van der Waals surface area (Å²) in [6.45, 7) is 12.8. The number of nitrogens with one attached hydrogen (secondary N) is 1. The van der Waals surface area contributed by atoms with Crippen molar-refractivity contribution >= 4 is 17.7 Å². The lowest BCUT2D eigenvalue weighted by Gasteiger charge is -2.25. The number of carbonyl (C=O) groups is 2. The van der Waals surface area contributed by atoms with Gasteiger partial charge in [-0.1, -0.05) is 6.07 Å². The molecule has 0 fully saturated rings. The smallest absolute Gasteiger partial charge is 0.407 e. The summed E-state index contributed by atoms with van der Waals surface area (Å²) in [5.74, 6) is -0.375. The molecule has 6 nitrogen and oxygen atoms in total. The van der Waals surface area contributed by atoms with Crippen molar-refractivity contribution in [3.05, 3.63) is 29.3 Å². The lowest BCUT2D eigenvalue weighted by Crippen LogP contribution is -2.42. The quantitative estimate of drug-likeness (QED) is 0.613. The summed E-state index contributed by atoms with van der Waals surface area (Å²) in [4.78, 5) is 24.4. The zero-order chi connectivity index (χ0) is 20.1. The van der Waals surface area contributed by atoms with Crippen molar-refractivity contribution in [2.45, 2.75) is 78.6 Å². The Balaban J connectivity index is 2.91. The van der Waals surface area contributed by atoms with Gasteiger partial charge < -0.3 is 20.5 Å². The number of benzene rings is 1. The van der Waals surface area contributed by atoms with Crippen LogP contribution in [0.5, 0.6) is 0 Å². The molecule has 0 unspecified atom stereocenters. The van der Waals surface area contributed by atoms with Gasteiger partial charge in [-0.2, -0.15) is 0 Å². The van der Waals surface area contributed by atoms with Gasteiger partial charge in [0.05, 0.1) is 6.42 Å². The van der Waals surface area contributed by atoms with E-state index < -0.39 is 23.3 Å². The number of esters is 1. The Bertz CT molecular complexity index is 612. The van der Waals surface area contributed by atoms with Gasteiger partial charge in [0, 0.05) is 11.7 Å². The maximum absolute atomic E-state index is 12.2. The van der Waals surface area contributed by atoms with Crippen LogP contribution in [0.3, 0.4) is 0 Å². The van der Waals surface area contributed by atoms with Gasteiger partial charge in [0.25, 0.3) is 0 Å². The Morgan fingerprint density at radius 1 is 1.08 bits per heavy atom. The molecular weight excluding hydrogens is 332 g/mol. The fraction of sp³-hybridized carbons (Fsp3) is 0.600. The fourth-order valence-corrected chi connectivity index (χ4v) is 2.41. The van der Waals surface area contributed by atoms with Gasteiger partial charge in [-0.05, 0) is 78.1 Å². The van der Waals surface area contributed by atoms with E-state index in [1.54, 1.807) is 20.8 Å². The number of hydrogen-bond acceptors (Lipinski definition) is 5. The van der Waals surface area contributed by atoms with Crippen LogP contribution in [0.15, 0.2) is 18.2 Å². The first-order valence-electron chi connectivity index (χ1n) is 8.81. The number of aryl methyl sites for hydroxylation is 1. The molecule has 0 saturated carbocycles. The number of amides is 1. The first kappa shape index (κ1) is 21.8. The van der Waals surface area contributed by atoms with Gasteiger partial charge in [-0.15, -0.1) is 0 Å². The maximum atomic E-state index is 12.2. The highest BCUT2D eigenvalue weighted by atomic mass is 16.6. The zero-order valence-electron chi connectivity index (χ0n) is 16.9. The van der Waals surface area contributed by atoms with Crippen LogP contribution < -0.4 is 11.1 Å². The Morgan fingerprint density at radius 3 is 2.19 bits per heavy atom. The topological polar surface area (TPSA) is 90.7 Å². The summed E-state index contributed by atoms with van der Waals surface area (Å²) in [5.41, 5.74) is 7.31. The molecule has 0 spiro atoms. The van der Waals surface area contributed by atoms with Gasteiger partial charge in [0.2, 0.25) is 0 Å². The normalized spacial score (nSPS) is 13.0. The number of carbonyl (C=O) groups excluding carboxylic acids is 2. The highest BCUT2D eigenvalue weighted by molar-refractivity contribution is 5.73. The Hall–Kier alpha value is -2.24. The van der Waals surface area contributed by atoms with E-state index in [0.29, 0.717) is 12.1 Å². The first-order chi connectivity index (χ1) is 11.7. The van der Waals surface area contributed by atoms with Crippen molar-refractivity contribution in [2.75, 3.05) is 5.73 Å². The molecule has 0 heterocycles. The van der Waals surface area contributed by atoms with Crippen molar-refractivity contribution in [3.63, 3.8) is 0 Å². The van der Waals surface area contributed by atoms with Crippen LogP contribution in [-0.4, -0.2) is 29.3 Å². The van der Waals surface area contributed by atoms with Gasteiger partial charge in [0.1, 0.15) is 11.2 Å². The third kappa shape index (κ3) is 8.74. The summed E-state index contributed by atoms with van der Waals surface area (Å²) in [7, 11) is 0. The largest absolute Gasteiger partial charge is 0.460 e. The number of anilines is 1. The van der Waals surface area contributed by atoms with E-state index in [9.17, 15) is 9.59 Å². The van der Waals surface area contributed by atoms with Crippen LogP contribution in [0.4, 0.5) is 10.5 Å². The maximum Gasteiger partial charge on any atom is 0.407 e. The van der Waals surface area contributed by atoms with Gasteiger partial charge in [-0.25, -0.2) is 4.79 Å². The minimum atomic E-state index is -0.617. The van der Waals surface area contributed by atoms with E-state index in [1.165, 1.54) is 0 Å². The molecule has 6 heteroatoms. The molecule has 146 valence electrons. The summed E-state index contributed by atoms with van der Waals surface area (Å²) in [6.07, 6.45) is -0.0623. The molecule has 1 rings (SSSR count). The highest BCUT2D eigenvalue weighted by Crippen LogP contribution is 2.18. The summed E-state index contributed by atoms with van der Waals surface area (Å²) < 4.78 is 10.7. The second-order valence-electron chi connectivity index (χ2n) is 8.52. The molecule has 0 aromatic heterocycles. The highest BCUT2D eigenvalue weighted by Gasteiger charge is 2.25. The van der Waals surface area contributed by atoms with E-state index in [4.69, 9.17) is 15.2 Å². The predicted octanol–water partition coefficient (Wildman–Crippen LogP) is 3.74. The minimum Gasteiger partial charge on any atom is -0.460 e. The molecule has 0 bridgehead atoms. The lowest BCUT2D eigenvalue weighted by atomic mass is 9.98. The number of nitrogen functional groups attached to an aromatic ring is 1. The van der Waals surface area contributed by atoms with Crippen molar-refractivity contribution < 1.29 is 19.1 Å². The van der Waals surface area contributed by atoms with E-state index >= 15 is 0 Å². The van der Waals surface area contributed by atoms with Crippen LogP contribution in [0.1, 0.15) is 59.1 Å². The summed E-state index contributed by atoms with van der Waals surface area (Å²) >= 11 is 0. The molecule has 26 heavy (non-hydrogen) atoms. The number of alkyl carbamates (subject to hydrolysis) is 1. The number of hydrogen-bond donors (Lipinski definition) is 2. The SMILES string of the molecule is Cc1ccc(N)cc1C[C@H](CC(=O)OC(C)(C)C)NC(=O)OC(C)(C)C. The van der Waals surface area contributed by atoms with E-state index in [1.807, 2.05) is 45.9 Å². The predicted molar refractivity (Wildman–Crippen MR) is 103 cm³/mol. The van der Waals surface area contributed by atoms with Gasteiger partial charge >= 0.3 is 12.1 Å². The second-order valence-corrected chi connectivity index (χ2v) is 8.52. The first-order valence-corrected chi connectivity index (χ1v) is 8.81. The van der Waals surface area contributed by atoms with Crippen LogP contribution in [-0.2, 0) is 20.7 Å². The van der Waals surface area contributed by atoms with Gasteiger partial charge in [0.15, 0.2) is 0 Å². The monoisotopic (exact) mass is 364 g/mol. The summed E-state index contributed by atoms with van der Waals surface area (Å²) in [5, 5.41) is 2.78. The van der Waals surface area contributed by atoms with Crippen LogP contribution in [0, 0.1) is 6.92 Å². The van der Waals surface area contributed by atoms with Crippen LogP contribution in [0.25, 0.3) is 0 Å². The third-order valence-corrected chi connectivity index (χ3v) is 3.39. The molecule has 3 N–H and O–H groups in total. The molecule has 1 amide bonds. The molecule has 0 aliphatic carbocycles. The molecule has 0 aliphatic heterocycles. The third-order valence-electron chi connectivity index (χ3n) is 3.39. The molecule has 1 aromatic carbocycles. The fourth-order valence-electron chi connectivity index (χ4n) is 2.41. The van der Waals surface area contributed by atoms with E-state index in [-0.39, 0.29) is 12.4 Å². The lowest BCUT2D eigenvalue weighted by molar-refractivity contribution is -0.155. The summed E-state index contributed by atoms with van der Waals surface area (Å²) in [6, 6.07) is 5.14. The Labute approximate surface area is 156 Å². The average Bonchev–Trinajstić information content (AvgIpc) is 2.38. The standard InChI is InChI=1S/C20H32N2O4/c1-13-8-9-15(21)10-14(13)11-16(12-17(23)25-19(2,3)4)22-18(24)26-20(5,6)7/h8-10,16H,11-12,21H2,1-7H3,(H,22,24)/t16-/m1/s1. The van der Waals surface area contributed by atoms with E-state index in [0.717, 1.165) is 11.1 Å². The minimum absolute atomic E-state index is 0.0464. The second kappa shape index (κ2) is 8.43. The molecule has 0 aliphatic rings. The molecule has 0 saturated heterocycles. The Kier molecular flexibility index (Phi) is 7.07. The van der Waals surface area contributed by atoms with Crippen LogP contribution >= 0.6 is 0 Å². The van der Waals surface area contributed by atoms with Crippen LogP contribution in [0.2, 0.25) is 0 Å². The molecule has 1 aromatic rings. The Morgan fingerprint density at radius 2 is 1.65 bits per heavy atom. The van der Waals surface area contributed by atoms with Crippen molar-refractivity contribution in [3.8, 4) is 0 Å².